The highest BCUT2D eigenvalue weighted by Gasteiger charge is 2.21. The van der Waals surface area contributed by atoms with Crippen LogP contribution in [0.2, 0.25) is 5.02 Å². The number of nitrogens with one attached hydrogen (secondary N) is 1. The zero-order valence-corrected chi connectivity index (χ0v) is 10.8. The van der Waals surface area contributed by atoms with Crippen molar-refractivity contribution in [2.24, 2.45) is 5.92 Å². The fourth-order valence-electron chi connectivity index (χ4n) is 2.47. The first-order valence-corrected chi connectivity index (χ1v) is 6.37. The molecule has 1 fully saturated rings. The summed E-state index contributed by atoms with van der Waals surface area (Å²) >= 11 is 5.85. The lowest BCUT2D eigenvalue weighted by molar-refractivity contribution is 0.315. The highest BCUT2D eigenvalue weighted by Crippen LogP contribution is 2.20. The van der Waals surface area contributed by atoms with Gasteiger partial charge in [-0.15, -0.1) is 0 Å². The van der Waals surface area contributed by atoms with Crippen molar-refractivity contribution in [1.82, 2.24) is 10.2 Å². The van der Waals surface area contributed by atoms with E-state index in [1.807, 2.05) is 13.1 Å². The molecule has 4 heteroatoms. The monoisotopic (exact) mass is 256 g/mol. The summed E-state index contributed by atoms with van der Waals surface area (Å²) in [6, 6.07) is 4.76. The Morgan fingerprint density at radius 1 is 1.47 bits per heavy atom. The maximum Gasteiger partial charge on any atom is 0.125 e. The van der Waals surface area contributed by atoms with Gasteiger partial charge in [-0.05, 0) is 56.2 Å². The van der Waals surface area contributed by atoms with Crippen LogP contribution in [0.3, 0.4) is 0 Å². The third-order valence-electron chi connectivity index (χ3n) is 3.19. The molecule has 1 atom stereocenters. The maximum absolute atomic E-state index is 13.2. The van der Waals surface area contributed by atoms with E-state index in [2.05, 4.69) is 10.2 Å². The highest BCUT2D eigenvalue weighted by atomic mass is 35.5. The number of nitrogens with zero attached hydrogens (tertiary/aromatic N) is 1. The van der Waals surface area contributed by atoms with Crippen LogP contribution in [0, 0.1) is 11.7 Å². The quantitative estimate of drug-likeness (QED) is 0.891. The lowest BCUT2D eigenvalue weighted by Gasteiger charge is -2.16. The van der Waals surface area contributed by atoms with Crippen LogP contribution in [-0.2, 0) is 6.54 Å². The van der Waals surface area contributed by atoms with Gasteiger partial charge in [0.25, 0.3) is 0 Å². The number of benzene rings is 1. The summed E-state index contributed by atoms with van der Waals surface area (Å²) in [7, 11) is 1.98. The molecule has 1 saturated heterocycles. The number of likely N-dealkylation sites (tertiary alicyclic amines) is 1. The Balaban J connectivity index is 1.93. The van der Waals surface area contributed by atoms with E-state index in [-0.39, 0.29) is 5.82 Å². The molecule has 17 heavy (non-hydrogen) atoms. The Kier molecular flexibility index (Phi) is 4.37. The molecule has 0 aromatic heterocycles. The molecule has 2 rings (SSSR count). The average Bonchev–Trinajstić information content (AvgIpc) is 2.64. The first-order chi connectivity index (χ1) is 8.17. The van der Waals surface area contributed by atoms with Gasteiger partial charge in [-0.1, -0.05) is 11.6 Å². The predicted molar refractivity (Wildman–Crippen MR) is 68.7 cm³/mol. The second-order valence-corrected chi connectivity index (χ2v) is 5.16. The average molecular weight is 257 g/mol. The molecule has 0 bridgehead atoms. The van der Waals surface area contributed by atoms with E-state index in [0.717, 1.165) is 31.7 Å². The molecule has 94 valence electrons. The first kappa shape index (κ1) is 12.8. The minimum atomic E-state index is -0.251. The SMILES string of the molecule is CNCC1CCN(Cc2cc(F)cc(Cl)c2)C1. The summed E-state index contributed by atoms with van der Waals surface area (Å²) in [5, 5.41) is 3.68. The van der Waals surface area contributed by atoms with Gasteiger partial charge in [0.2, 0.25) is 0 Å². The Morgan fingerprint density at radius 2 is 2.29 bits per heavy atom. The van der Waals surface area contributed by atoms with Crippen LogP contribution < -0.4 is 5.32 Å². The Bertz CT molecular complexity index is 363. The van der Waals surface area contributed by atoms with Crippen molar-refractivity contribution in [2.75, 3.05) is 26.7 Å². The van der Waals surface area contributed by atoms with Crippen molar-refractivity contribution in [1.29, 1.82) is 0 Å². The molecular formula is C13H18ClFN2. The summed E-state index contributed by atoms with van der Waals surface area (Å²) in [4.78, 5) is 2.35. The molecule has 1 aromatic rings. The van der Waals surface area contributed by atoms with E-state index in [1.165, 1.54) is 12.5 Å². The molecule has 1 aliphatic heterocycles. The Morgan fingerprint density at radius 3 is 3.00 bits per heavy atom. The molecule has 1 aliphatic rings. The second kappa shape index (κ2) is 5.80. The zero-order valence-electron chi connectivity index (χ0n) is 10.0. The minimum absolute atomic E-state index is 0.251. The van der Waals surface area contributed by atoms with E-state index in [0.29, 0.717) is 10.9 Å². The Hall–Kier alpha value is -0.640. The summed E-state index contributed by atoms with van der Waals surface area (Å²) in [6.07, 6.45) is 1.21. The second-order valence-electron chi connectivity index (χ2n) is 4.73. The molecule has 1 unspecified atom stereocenters. The van der Waals surface area contributed by atoms with E-state index >= 15 is 0 Å². The largest absolute Gasteiger partial charge is 0.319 e. The van der Waals surface area contributed by atoms with Crippen LogP contribution in [0.25, 0.3) is 0 Å². The molecule has 0 radical (unpaired) electrons. The smallest absolute Gasteiger partial charge is 0.125 e. The molecule has 0 spiro atoms. The van der Waals surface area contributed by atoms with Crippen LogP contribution in [0.4, 0.5) is 4.39 Å². The molecule has 1 heterocycles. The minimum Gasteiger partial charge on any atom is -0.319 e. The van der Waals surface area contributed by atoms with Crippen molar-refractivity contribution in [3.05, 3.63) is 34.6 Å². The zero-order chi connectivity index (χ0) is 12.3. The first-order valence-electron chi connectivity index (χ1n) is 5.99. The van der Waals surface area contributed by atoms with Gasteiger partial charge in [0, 0.05) is 18.1 Å². The van der Waals surface area contributed by atoms with Gasteiger partial charge in [-0.25, -0.2) is 4.39 Å². The highest BCUT2D eigenvalue weighted by molar-refractivity contribution is 6.30. The van der Waals surface area contributed by atoms with Gasteiger partial charge in [0.05, 0.1) is 0 Å². The van der Waals surface area contributed by atoms with Gasteiger partial charge in [0.1, 0.15) is 5.82 Å². The molecule has 1 N–H and O–H groups in total. The molecule has 0 amide bonds. The summed E-state index contributed by atoms with van der Waals surface area (Å²) < 4.78 is 13.2. The van der Waals surface area contributed by atoms with Crippen LogP contribution in [0.1, 0.15) is 12.0 Å². The van der Waals surface area contributed by atoms with Crippen LogP contribution in [0.5, 0.6) is 0 Å². The molecule has 0 aliphatic carbocycles. The van der Waals surface area contributed by atoms with Crippen molar-refractivity contribution < 1.29 is 4.39 Å². The van der Waals surface area contributed by atoms with Crippen LogP contribution >= 0.6 is 11.6 Å². The normalized spacial score (nSPS) is 21.0. The van der Waals surface area contributed by atoms with Crippen molar-refractivity contribution in [3.63, 3.8) is 0 Å². The molecule has 2 nitrogen and oxygen atoms in total. The van der Waals surface area contributed by atoms with Crippen LogP contribution in [0.15, 0.2) is 18.2 Å². The maximum atomic E-state index is 13.2. The lowest BCUT2D eigenvalue weighted by Crippen LogP contribution is -2.24. The van der Waals surface area contributed by atoms with Gasteiger partial charge in [-0.2, -0.15) is 0 Å². The van der Waals surface area contributed by atoms with Gasteiger partial charge in [-0.3, -0.25) is 4.90 Å². The summed E-state index contributed by atoms with van der Waals surface area (Å²) in [6.45, 7) is 4.01. The van der Waals surface area contributed by atoms with Gasteiger partial charge in [0.15, 0.2) is 0 Å². The van der Waals surface area contributed by atoms with E-state index in [4.69, 9.17) is 11.6 Å². The third kappa shape index (κ3) is 3.66. The third-order valence-corrected chi connectivity index (χ3v) is 3.41. The number of hydrogen-bond acceptors (Lipinski definition) is 2. The van der Waals surface area contributed by atoms with Gasteiger partial charge < -0.3 is 5.32 Å². The van der Waals surface area contributed by atoms with Gasteiger partial charge >= 0.3 is 0 Å². The summed E-state index contributed by atoms with van der Waals surface area (Å²) in [5.41, 5.74) is 0.958. The molecule has 0 saturated carbocycles. The molecule has 1 aromatic carbocycles. The van der Waals surface area contributed by atoms with E-state index in [9.17, 15) is 4.39 Å². The fraction of sp³-hybridized carbons (Fsp3) is 0.538. The van der Waals surface area contributed by atoms with Crippen molar-refractivity contribution >= 4 is 11.6 Å². The van der Waals surface area contributed by atoms with E-state index in [1.54, 1.807) is 6.07 Å². The van der Waals surface area contributed by atoms with E-state index < -0.39 is 0 Å². The van der Waals surface area contributed by atoms with Crippen LogP contribution in [-0.4, -0.2) is 31.6 Å². The standard InChI is InChI=1S/C13H18ClFN2/c1-16-7-10-2-3-17(8-10)9-11-4-12(14)6-13(15)5-11/h4-6,10,16H,2-3,7-9H2,1H3. The lowest BCUT2D eigenvalue weighted by atomic mass is 10.1. The summed E-state index contributed by atoms with van der Waals surface area (Å²) in [5.74, 6) is 0.461. The van der Waals surface area contributed by atoms with Crippen molar-refractivity contribution in [3.8, 4) is 0 Å². The predicted octanol–water partition coefficient (Wildman–Crippen LogP) is 2.52. The van der Waals surface area contributed by atoms with Crippen molar-refractivity contribution in [2.45, 2.75) is 13.0 Å². The molecular weight excluding hydrogens is 239 g/mol. The number of rotatable bonds is 4. The topological polar surface area (TPSA) is 15.3 Å². The number of hydrogen-bond donors (Lipinski definition) is 1. The Labute approximate surface area is 107 Å². The number of halogens is 2. The fourth-order valence-corrected chi connectivity index (χ4v) is 2.72.